The molecule has 1 spiro atoms. The Hall–Kier alpha value is -4.02. The van der Waals surface area contributed by atoms with Gasteiger partial charge >= 0.3 is 24.3 Å². The van der Waals surface area contributed by atoms with Gasteiger partial charge in [0.05, 0.1) is 13.2 Å². The summed E-state index contributed by atoms with van der Waals surface area (Å²) >= 11 is 0. The van der Waals surface area contributed by atoms with E-state index in [4.69, 9.17) is 24.5 Å². The van der Waals surface area contributed by atoms with Crippen LogP contribution >= 0.6 is 0 Å². The number of amides is 1. The van der Waals surface area contributed by atoms with Crippen LogP contribution in [-0.4, -0.2) is 99.7 Å². The molecule has 2 saturated heterocycles. The number of ether oxygens (including phenoxy) is 1. The van der Waals surface area contributed by atoms with E-state index < -0.39 is 24.3 Å². The molecule has 0 radical (unpaired) electrons. The molecule has 214 valence electrons. The average Bonchev–Trinajstić information content (AvgIpc) is 3.18. The first-order valence-corrected chi connectivity index (χ1v) is 11.0. The maximum atomic E-state index is 12.8. The van der Waals surface area contributed by atoms with Crippen LogP contribution in [0.4, 0.5) is 32.3 Å². The van der Waals surface area contributed by atoms with E-state index >= 15 is 0 Å². The number of carboxylic acid groups (broad SMARTS) is 2. The van der Waals surface area contributed by atoms with E-state index in [1.807, 2.05) is 23.1 Å². The van der Waals surface area contributed by atoms with Gasteiger partial charge in [-0.1, -0.05) is 6.07 Å². The van der Waals surface area contributed by atoms with Crippen molar-refractivity contribution in [1.82, 2.24) is 19.9 Å². The quantitative estimate of drug-likeness (QED) is 0.519. The molecule has 1 atom stereocenters. The van der Waals surface area contributed by atoms with Crippen LogP contribution in [0.15, 0.2) is 42.9 Å². The third kappa shape index (κ3) is 9.66. The monoisotopic (exact) mass is 567 g/mol. The molecular weight excluding hydrogens is 544 g/mol. The Kier molecular flexibility index (Phi) is 10.5. The Bertz CT molecular complexity index is 1080. The molecule has 4 rings (SSSR count). The molecule has 0 saturated carbocycles. The molecule has 1 unspecified atom stereocenters. The summed E-state index contributed by atoms with van der Waals surface area (Å²) in [5.74, 6) is -4.80. The Morgan fingerprint density at radius 3 is 1.92 bits per heavy atom. The normalized spacial score (nSPS) is 19.2. The van der Waals surface area contributed by atoms with E-state index in [1.54, 1.807) is 24.7 Å². The number of nitrogens with zero attached hydrogens (tertiary/aromatic N) is 5. The summed E-state index contributed by atoms with van der Waals surface area (Å²) < 4.78 is 69.3. The predicted molar refractivity (Wildman–Crippen MR) is 120 cm³/mol. The minimum absolute atomic E-state index is 0.0279. The van der Waals surface area contributed by atoms with Gasteiger partial charge in [0.2, 0.25) is 5.95 Å². The number of hydrogen-bond acceptors (Lipinski definition) is 8. The van der Waals surface area contributed by atoms with E-state index in [-0.39, 0.29) is 11.3 Å². The maximum absolute atomic E-state index is 12.8. The van der Waals surface area contributed by atoms with E-state index in [2.05, 4.69) is 19.9 Å². The van der Waals surface area contributed by atoms with Gasteiger partial charge in [-0.15, -0.1) is 0 Å². The van der Waals surface area contributed by atoms with Gasteiger partial charge in [0.1, 0.15) is 5.69 Å². The zero-order valence-corrected chi connectivity index (χ0v) is 20.0. The first kappa shape index (κ1) is 31.2. The van der Waals surface area contributed by atoms with Gasteiger partial charge in [-0.05, 0) is 24.6 Å². The van der Waals surface area contributed by atoms with Gasteiger partial charge < -0.3 is 24.7 Å². The number of carbonyl (C=O) groups is 3. The van der Waals surface area contributed by atoms with E-state index in [0.29, 0.717) is 32.0 Å². The molecule has 2 fully saturated rings. The highest BCUT2D eigenvalue weighted by Gasteiger charge is 2.43. The molecule has 0 aliphatic carbocycles. The molecule has 4 heterocycles. The second-order valence-electron chi connectivity index (χ2n) is 8.32. The van der Waals surface area contributed by atoms with Crippen LogP contribution in [0.5, 0.6) is 0 Å². The Balaban J connectivity index is 0.000000317. The fraction of sp³-hybridized carbons (Fsp3) is 0.455. The zero-order chi connectivity index (χ0) is 29.3. The highest BCUT2D eigenvalue weighted by Crippen LogP contribution is 2.35. The van der Waals surface area contributed by atoms with Crippen molar-refractivity contribution in [1.29, 1.82) is 0 Å². The van der Waals surface area contributed by atoms with Crippen LogP contribution < -0.4 is 4.90 Å². The minimum atomic E-state index is -5.08. The Morgan fingerprint density at radius 1 is 0.846 bits per heavy atom. The van der Waals surface area contributed by atoms with Crippen LogP contribution in [-0.2, 0) is 14.3 Å². The molecule has 0 aromatic carbocycles. The topological polar surface area (TPSA) is 146 Å². The van der Waals surface area contributed by atoms with Crippen LogP contribution in [0, 0.1) is 5.41 Å². The number of anilines is 1. The highest BCUT2D eigenvalue weighted by atomic mass is 19.4. The summed E-state index contributed by atoms with van der Waals surface area (Å²) in [7, 11) is 0. The SMILES string of the molecule is O=C(O)C(F)(F)F.O=C(O)C(F)(F)F.O=C(c1ccccn1)N1CCOCC2(CCN(c3ncccn3)C2)C1. The maximum Gasteiger partial charge on any atom is 0.490 e. The minimum Gasteiger partial charge on any atom is -0.475 e. The molecule has 2 aromatic heterocycles. The third-order valence-corrected chi connectivity index (χ3v) is 5.37. The number of hydrogen-bond donors (Lipinski definition) is 2. The molecule has 39 heavy (non-hydrogen) atoms. The van der Waals surface area contributed by atoms with E-state index in [0.717, 1.165) is 25.5 Å². The largest absolute Gasteiger partial charge is 0.490 e. The van der Waals surface area contributed by atoms with Gasteiger partial charge in [0, 0.05) is 50.2 Å². The van der Waals surface area contributed by atoms with Crippen molar-refractivity contribution in [2.75, 3.05) is 44.3 Å². The second-order valence-corrected chi connectivity index (χ2v) is 8.32. The molecule has 2 N–H and O–H groups in total. The number of aliphatic carboxylic acids is 2. The molecule has 17 heteroatoms. The van der Waals surface area contributed by atoms with Crippen molar-refractivity contribution in [2.45, 2.75) is 18.8 Å². The van der Waals surface area contributed by atoms with Gasteiger partial charge in [0.15, 0.2) is 0 Å². The first-order chi connectivity index (χ1) is 18.1. The average molecular weight is 567 g/mol. The standard InChI is InChI=1S/C18H21N5O2.2C2HF3O2/c24-16(15-4-1-2-6-19-15)22-10-11-25-14-18(12-22)5-9-23(13-18)17-20-7-3-8-21-17;2*3-2(4,5)1(6)7/h1-4,6-8H,5,9-14H2;2*(H,6,7). The number of carbonyl (C=O) groups excluding carboxylic acids is 1. The summed E-state index contributed by atoms with van der Waals surface area (Å²) in [5, 5.41) is 14.2. The molecule has 1 amide bonds. The van der Waals surface area contributed by atoms with Crippen molar-refractivity contribution in [3.8, 4) is 0 Å². The van der Waals surface area contributed by atoms with E-state index in [1.165, 1.54) is 0 Å². The molecule has 2 aliphatic heterocycles. The van der Waals surface area contributed by atoms with Gasteiger partial charge in [-0.25, -0.2) is 19.6 Å². The first-order valence-electron chi connectivity index (χ1n) is 11.0. The van der Waals surface area contributed by atoms with Gasteiger partial charge in [-0.3, -0.25) is 9.78 Å². The lowest BCUT2D eigenvalue weighted by Crippen LogP contribution is -2.43. The number of rotatable bonds is 2. The number of pyridine rings is 1. The number of halogens is 6. The summed E-state index contributed by atoms with van der Waals surface area (Å²) in [5.41, 5.74) is 0.404. The third-order valence-electron chi connectivity index (χ3n) is 5.37. The molecule has 11 nitrogen and oxygen atoms in total. The Morgan fingerprint density at radius 2 is 1.41 bits per heavy atom. The molecule has 2 aliphatic rings. The van der Waals surface area contributed by atoms with Gasteiger partial charge in [-0.2, -0.15) is 26.3 Å². The fourth-order valence-electron chi connectivity index (χ4n) is 3.62. The second kappa shape index (κ2) is 13.2. The molecule has 0 bridgehead atoms. The highest BCUT2D eigenvalue weighted by molar-refractivity contribution is 5.92. The smallest absolute Gasteiger partial charge is 0.475 e. The number of aromatic nitrogens is 3. The summed E-state index contributed by atoms with van der Waals surface area (Å²) in [6.45, 7) is 4.15. The lowest BCUT2D eigenvalue weighted by Gasteiger charge is -2.31. The van der Waals surface area contributed by atoms with Crippen molar-refractivity contribution < 1.29 is 55.7 Å². The number of alkyl halides is 6. The van der Waals surface area contributed by atoms with Crippen LogP contribution in [0.3, 0.4) is 0 Å². The summed E-state index contributed by atoms with van der Waals surface area (Å²) in [6.07, 6.45) is -4.04. The van der Waals surface area contributed by atoms with Crippen molar-refractivity contribution in [3.05, 3.63) is 48.5 Å². The van der Waals surface area contributed by atoms with E-state index in [9.17, 15) is 31.1 Å². The lowest BCUT2D eigenvalue weighted by atomic mass is 9.87. The fourth-order valence-corrected chi connectivity index (χ4v) is 3.62. The van der Waals surface area contributed by atoms with Crippen molar-refractivity contribution in [3.63, 3.8) is 0 Å². The summed E-state index contributed by atoms with van der Waals surface area (Å²) in [6, 6.07) is 7.24. The molecule has 2 aromatic rings. The van der Waals surface area contributed by atoms with Crippen LogP contribution in [0.2, 0.25) is 0 Å². The zero-order valence-electron chi connectivity index (χ0n) is 20.0. The Labute approximate surface area is 217 Å². The van der Waals surface area contributed by atoms with Crippen LogP contribution in [0.1, 0.15) is 16.9 Å². The van der Waals surface area contributed by atoms with Crippen molar-refractivity contribution >= 4 is 23.8 Å². The predicted octanol–water partition coefficient (Wildman–Crippen LogP) is 2.51. The summed E-state index contributed by atoms with van der Waals surface area (Å²) in [4.78, 5) is 47.6. The lowest BCUT2D eigenvalue weighted by molar-refractivity contribution is -0.193. The van der Waals surface area contributed by atoms with Crippen LogP contribution in [0.25, 0.3) is 0 Å². The van der Waals surface area contributed by atoms with Gasteiger partial charge in [0.25, 0.3) is 5.91 Å². The molecular formula is C22H23F6N5O6. The number of carboxylic acids is 2. The van der Waals surface area contributed by atoms with Crippen molar-refractivity contribution in [2.24, 2.45) is 5.41 Å².